The summed E-state index contributed by atoms with van der Waals surface area (Å²) in [6, 6.07) is 8.54. The maximum Gasteiger partial charge on any atom is 0.416 e. The number of hydrogen-bond acceptors (Lipinski definition) is 1. The molecule has 2 aromatic carbocycles. The molecule has 0 spiro atoms. The van der Waals surface area contributed by atoms with E-state index in [1.165, 1.54) is 0 Å². The molecule has 0 aliphatic heterocycles. The minimum Gasteiger partial charge on any atom is -0.388 e. The molecule has 112 valence electrons. The van der Waals surface area contributed by atoms with Gasteiger partial charge in [-0.1, -0.05) is 29.8 Å². The van der Waals surface area contributed by atoms with E-state index in [0.717, 1.165) is 0 Å². The van der Waals surface area contributed by atoms with Crippen molar-refractivity contribution >= 4 is 11.6 Å². The van der Waals surface area contributed by atoms with Crippen LogP contribution < -0.4 is 0 Å². The monoisotopic (exact) mass is 318 g/mol. The summed E-state index contributed by atoms with van der Waals surface area (Å²) in [5.41, 5.74) is -0.870. The topological polar surface area (TPSA) is 20.2 Å². The minimum absolute atomic E-state index is 0.0715. The molecule has 21 heavy (non-hydrogen) atoms. The number of rotatable bonds is 3. The van der Waals surface area contributed by atoms with Crippen molar-refractivity contribution in [3.05, 3.63) is 70.0 Å². The van der Waals surface area contributed by atoms with E-state index in [9.17, 15) is 22.7 Å². The van der Waals surface area contributed by atoms with Gasteiger partial charge >= 0.3 is 6.18 Å². The number of hydrogen-bond donors (Lipinski definition) is 1. The number of benzene rings is 2. The Balaban J connectivity index is 2.31. The van der Waals surface area contributed by atoms with Crippen molar-refractivity contribution < 1.29 is 22.7 Å². The first-order valence-corrected chi connectivity index (χ1v) is 6.45. The third kappa shape index (κ3) is 3.74. The standard InChI is InChI=1S/C15H11ClF4O/c16-12-4-2-1-3-9(12)7-14(21)11-8-10(15(18,19)20)5-6-13(11)17/h1-6,8,14,21H,7H2. The van der Waals surface area contributed by atoms with Crippen LogP contribution >= 0.6 is 11.6 Å². The van der Waals surface area contributed by atoms with Crippen molar-refractivity contribution in [2.45, 2.75) is 18.7 Å². The van der Waals surface area contributed by atoms with Crippen LogP contribution in [0.5, 0.6) is 0 Å². The number of alkyl halides is 3. The van der Waals surface area contributed by atoms with Gasteiger partial charge in [0, 0.05) is 17.0 Å². The zero-order valence-corrected chi connectivity index (χ0v) is 11.4. The molecular formula is C15H11ClF4O. The average molecular weight is 319 g/mol. The van der Waals surface area contributed by atoms with Crippen LogP contribution in [0.3, 0.4) is 0 Å². The smallest absolute Gasteiger partial charge is 0.388 e. The summed E-state index contributed by atoms with van der Waals surface area (Å²) in [6.07, 6.45) is -6.07. The molecule has 1 nitrogen and oxygen atoms in total. The van der Waals surface area contributed by atoms with Crippen LogP contribution in [0, 0.1) is 5.82 Å². The van der Waals surface area contributed by atoms with Crippen LogP contribution in [0.2, 0.25) is 5.02 Å². The molecule has 2 aromatic rings. The fourth-order valence-corrected chi connectivity index (χ4v) is 2.17. The van der Waals surface area contributed by atoms with Crippen molar-refractivity contribution in [2.24, 2.45) is 0 Å². The first-order chi connectivity index (χ1) is 9.79. The lowest BCUT2D eigenvalue weighted by molar-refractivity contribution is -0.137. The summed E-state index contributed by atoms with van der Waals surface area (Å²) in [7, 11) is 0. The largest absolute Gasteiger partial charge is 0.416 e. The van der Waals surface area contributed by atoms with Gasteiger partial charge in [0.15, 0.2) is 0 Å². The molecule has 2 rings (SSSR count). The van der Waals surface area contributed by atoms with E-state index in [2.05, 4.69) is 0 Å². The summed E-state index contributed by atoms with van der Waals surface area (Å²) in [4.78, 5) is 0. The Morgan fingerprint density at radius 1 is 1.10 bits per heavy atom. The Morgan fingerprint density at radius 2 is 1.76 bits per heavy atom. The summed E-state index contributed by atoms with van der Waals surface area (Å²) >= 11 is 5.91. The van der Waals surface area contributed by atoms with Crippen LogP contribution in [0.15, 0.2) is 42.5 Å². The molecule has 0 radical (unpaired) electrons. The van der Waals surface area contributed by atoms with Crippen molar-refractivity contribution in [3.8, 4) is 0 Å². The maximum absolute atomic E-state index is 13.7. The second kappa shape index (κ2) is 6.03. The second-order valence-electron chi connectivity index (χ2n) is 4.55. The number of aliphatic hydroxyl groups is 1. The maximum atomic E-state index is 13.7. The zero-order valence-electron chi connectivity index (χ0n) is 10.7. The van der Waals surface area contributed by atoms with Gasteiger partial charge in [-0.05, 0) is 29.8 Å². The molecule has 0 heterocycles. The van der Waals surface area contributed by atoms with E-state index < -0.39 is 29.2 Å². The number of halogens is 5. The second-order valence-corrected chi connectivity index (χ2v) is 4.95. The predicted molar refractivity (Wildman–Crippen MR) is 71.5 cm³/mol. The molecule has 0 saturated heterocycles. The molecule has 0 fully saturated rings. The van der Waals surface area contributed by atoms with Crippen molar-refractivity contribution in [3.63, 3.8) is 0 Å². The summed E-state index contributed by atoms with van der Waals surface area (Å²) in [6.45, 7) is 0. The fourth-order valence-electron chi connectivity index (χ4n) is 1.96. The van der Waals surface area contributed by atoms with E-state index >= 15 is 0 Å². The lowest BCUT2D eigenvalue weighted by Gasteiger charge is -2.15. The van der Waals surface area contributed by atoms with Gasteiger partial charge in [0.1, 0.15) is 5.82 Å². The van der Waals surface area contributed by atoms with Gasteiger partial charge in [0.05, 0.1) is 11.7 Å². The minimum atomic E-state index is -4.59. The van der Waals surface area contributed by atoms with Gasteiger partial charge in [-0.3, -0.25) is 0 Å². The van der Waals surface area contributed by atoms with Gasteiger partial charge in [-0.15, -0.1) is 0 Å². The molecule has 0 aliphatic rings. The van der Waals surface area contributed by atoms with Crippen LogP contribution in [0.1, 0.15) is 22.8 Å². The Bertz CT molecular complexity index is 640. The molecule has 0 aliphatic carbocycles. The highest BCUT2D eigenvalue weighted by Gasteiger charge is 2.31. The van der Waals surface area contributed by atoms with E-state index in [-0.39, 0.29) is 6.42 Å². The Labute approximate surface area is 123 Å². The molecule has 1 atom stereocenters. The highest BCUT2D eigenvalue weighted by atomic mass is 35.5. The fraction of sp³-hybridized carbons (Fsp3) is 0.200. The molecule has 0 aromatic heterocycles. The third-order valence-corrected chi connectivity index (χ3v) is 3.42. The van der Waals surface area contributed by atoms with Crippen LogP contribution in [-0.2, 0) is 12.6 Å². The SMILES string of the molecule is OC(Cc1ccccc1Cl)c1cc(C(F)(F)F)ccc1F. The van der Waals surface area contributed by atoms with E-state index in [1.807, 2.05) is 0 Å². The quantitative estimate of drug-likeness (QED) is 0.808. The van der Waals surface area contributed by atoms with E-state index in [4.69, 9.17) is 11.6 Å². The van der Waals surface area contributed by atoms with Gasteiger partial charge in [0.2, 0.25) is 0 Å². The average Bonchev–Trinajstić information content (AvgIpc) is 2.40. The van der Waals surface area contributed by atoms with Gasteiger partial charge in [-0.2, -0.15) is 13.2 Å². The Hall–Kier alpha value is -1.59. The molecular weight excluding hydrogens is 308 g/mol. The van der Waals surface area contributed by atoms with Gasteiger partial charge in [-0.25, -0.2) is 4.39 Å². The molecule has 0 amide bonds. The van der Waals surface area contributed by atoms with Crippen molar-refractivity contribution in [1.82, 2.24) is 0 Å². The van der Waals surface area contributed by atoms with Crippen LogP contribution in [-0.4, -0.2) is 5.11 Å². The molecule has 6 heteroatoms. The zero-order chi connectivity index (χ0) is 15.6. The summed E-state index contributed by atoms with van der Waals surface area (Å²) in [5.74, 6) is -0.887. The number of aliphatic hydroxyl groups excluding tert-OH is 1. The van der Waals surface area contributed by atoms with Crippen LogP contribution in [0.25, 0.3) is 0 Å². The van der Waals surface area contributed by atoms with Crippen molar-refractivity contribution in [2.75, 3.05) is 0 Å². The Morgan fingerprint density at radius 3 is 2.38 bits per heavy atom. The van der Waals surface area contributed by atoms with Gasteiger partial charge < -0.3 is 5.11 Å². The first kappa shape index (κ1) is 15.8. The first-order valence-electron chi connectivity index (χ1n) is 6.07. The highest BCUT2D eigenvalue weighted by Crippen LogP contribution is 2.33. The van der Waals surface area contributed by atoms with E-state index in [1.54, 1.807) is 24.3 Å². The molecule has 1 unspecified atom stereocenters. The third-order valence-electron chi connectivity index (χ3n) is 3.05. The predicted octanol–water partition coefficient (Wildman–Crippen LogP) is 4.77. The van der Waals surface area contributed by atoms with Gasteiger partial charge in [0.25, 0.3) is 0 Å². The summed E-state index contributed by atoms with van der Waals surface area (Å²) in [5, 5.41) is 10.4. The van der Waals surface area contributed by atoms with E-state index in [0.29, 0.717) is 28.8 Å². The molecule has 1 N–H and O–H groups in total. The molecule has 0 bridgehead atoms. The summed E-state index contributed by atoms with van der Waals surface area (Å²) < 4.78 is 51.5. The van der Waals surface area contributed by atoms with Crippen LogP contribution in [0.4, 0.5) is 17.6 Å². The lowest BCUT2D eigenvalue weighted by Crippen LogP contribution is -2.10. The normalized spacial score (nSPS) is 13.2. The lowest BCUT2D eigenvalue weighted by atomic mass is 9.99. The Kier molecular flexibility index (Phi) is 4.54. The molecule has 0 saturated carbocycles. The highest BCUT2D eigenvalue weighted by molar-refractivity contribution is 6.31. The van der Waals surface area contributed by atoms with Crippen molar-refractivity contribution in [1.29, 1.82) is 0 Å².